The normalized spacial score (nSPS) is 17.6. The summed E-state index contributed by atoms with van der Waals surface area (Å²) in [6, 6.07) is 5.67. The molecule has 1 aromatic heterocycles. The predicted octanol–water partition coefficient (Wildman–Crippen LogP) is 5.73. The van der Waals surface area contributed by atoms with Crippen LogP contribution in [-0.2, 0) is 4.74 Å². The van der Waals surface area contributed by atoms with Crippen molar-refractivity contribution in [3.05, 3.63) is 33.4 Å². The molecule has 1 saturated heterocycles. The molecule has 1 aliphatic heterocycles. The number of aromatic nitrogens is 1. The van der Waals surface area contributed by atoms with Gasteiger partial charge in [-0.25, -0.2) is 9.78 Å². The molecule has 0 aliphatic carbocycles. The number of hydrogen-bond donors (Lipinski definition) is 0. The van der Waals surface area contributed by atoms with Crippen LogP contribution < -0.4 is 4.74 Å². The largest absolute Gasteiger partial charge is 0.495 e. The van der Waals surface area contributed by atoms with Gasteiger partial charge in [0.2, 0.25) is 0 Å². The molecule has 7 heteroatoms. The Labute approximate surface area is 166 Å². The van der Waals surface area contributed by atoms with Gasteiger partial charge in [0, 0.05) is 23.6 Å². The van der Waals surface area contributed by atoms with Gasteiger partial charge in [0.15, 0.2) is 0 Å². The maximum Gasteiger partial charge on any atom is 0.410 e. The maximum absolute atomic E-state index is 12.6. The number of fused-ring (bicyclic) bond motifs is 1. The molecule has 2 heterocycles. The number of benzene rings is 1. The van der Waals surface area contributed by atoms with E-state index >= 15 is 0 Å². The van der Waals surface area contributed by atoms with Gasteiger partial charge in [0.1, 0.15) is 16.5 Å². The first kappa shape index (κ1) is 19.2. The first-order valence-corrected chi connectivity index (χ1v) is 9.70. The zero-order chi connectivity index (χ0) is 19.1. The second-order valence-electron chi connectivity index (χ2n) is 7.38. The number of nitrogens with zero attached hydrogens (tertiary/aromatic N) is 2. The van der Waals surface area contributed by atoms with Crippen LogP contribution in [0.5, 0.6) is 5.75 Å². The van der Waals surface area contributed by atoms with Crippen molar-refractivity contribution >= 4 is 44.5 Å². The van der Waals surface area contributed by atoms with E-state index < -0.39 is 5.60 Å². The zero-order valence-corrected chi connectivity index (χ0v) is 17.6. The monoisotopic (exact) mass is 440 g/mol. The van der Waals surface area contributed by atoms with Crippen LogP contribution in [0.2, 0.25) is 5.15 Å². The van der Waals surface area contributed by atoms with Gasteiger partial charge in [-0.05, 0) is 61.7 Å². The summed E-state index contributed by atoms with van der Waals surface area (Å²) in [6.07, 6.45) is 1.43. The van der Waals surface area contributed by atoms with Crippen molar-refractivity contribution in [2.75, 3.05) is 13.7 Å². The van der Waals surface area contributed by atoms with Crippen LogP contribution in [0.15, 0.2) is 22.7 Å². The lowest BCUT2D eigenvalue weighted by Gasteiger charge is -2.29. The number of ether oxygens (including phenoxy) is 2. The third kappa shape index (κ3) is 3.91. The Morgan fingerprint density at radius 1 is 1.35 bits per heavy atom. The summed E-state index contributed by atoms with van der Waals surface area (Å²) in [5.41, 5.74) is 1.07. The van der Waals surface area contributed by atoms with E-state index in [0.29, 0.717) is 17.4 Å². The van der Waals surface area contributed by atoms with Crippen LogP contribution in [0.25, 0.3) is 10.9 Å². The maximum atomic E-state index is 12.6. The van der Waals surface area contributed by atoms with Crippen LogP contribution in [0.1, 0.15) is 45.2 Å². The second-order valence-corrected chi connectivity index (χ2v) is 8.59. The van der Waals surface area contributed by atoms with Crippen LogP contribution >= 0.6 is 27.5 Å². The van der Waals surface area contributed by atoms with Crippen LogP contribution in [0, 0.1) is 0 Å². The van der Waals surface area contributed by atoms with Gasteiger partial charge < -0.3 is 14.4 Å². The number of hydrogen-bond acceptors (Lipinski definition) is 4. The lowest BCUT2D eigenvalue weighted by molar-refractivity contribution is 0.0224. The highest BCUT2D eigenvalue weighted by molar-refractivity contribution is 9.10. The van der Waals surface area contributed by atoms with Crippen LogP contribution in [0.3, 0.4) is 0 Å². The van der Waals surface area contributed by atoms with E-state index in [-0.39, 0.29) is 12.1 Å². The Hall–Kier alpha value is -1.53. The molecule has 0 spiro atoms. The SMILES string of the molecule is COc1cc2nc(Cl)c(C3CCCN3C(=O)OC(C)(C)C)cc2cc1Br. The third-order valence-corrected chi connectivity index (χ3v) is 5.23. The Balaban J connectivity index is 1.98. The summed E-state index contributed by atoms with van der Waals surface area (Å²) < 4.78 is 11.7. The molecule has 1 fully saturated rings. The number of carbonyl (C=O) groups excluding carboxylic acids is 1. The average molecular weight is 442 g/mol. The Kier molecular flexibility index (Phi) is 5.35. The van der Waals surface area contributed by atoms with Crippen molar-refractivity contribution in [2.45, 2.75) is 45.3 Å². The molecule has 0 bridgehead atoms. The van der Waals surface area contributed by atoms with E-state index in [2.05, 4.69) is 20.9 Å². The van der Waals surface area contributed by atoms with Gasteiger partial charge in [0.25, 0.3) is 0 Å². The van der Waals surface area contributed by atoms with E-state index in [9.17, 15) is 4.79 Å². The van der Waals surface area contributed by atoms with E-state index in [1.54, 1.807) is 12.0 Å². The van der Waals surface area contributed by atoms with Gasteiger partial charge >= 0.3 is 6.09 Å². The molecule has 3 rings (SSSR count). The van der Waals surface area contributed by atoms with Crippen LogP contribution in [0.4, 0.5) is 4.79 Å². The molecule has 0 radical (unpaired) electrons. The number of methoxy groups -OCH3 is 1. The van der Waals surface area contributed by atoms with Gasteiger partial charge in [-0.3, -0.25) is 0 Å². The number of rotatable bonds is 2. The summed E-state index contributed by atoms with van der Waals surface area (Å²) in [5, 5.41) is 1.34. The highest BCUT2D eigenvalue weighted by atomic mass is 79.9. The highest BCUT2D eigenvalue weighted by Gasteiger charge is 2.34. The van der Waals surface area contributed by atoms with E-state index in [0.717, 1.165) is 33.8 Å². The molecular weight excluding hydrogens is 420 g/mol. The zero-order valence-electron chi connectivity index (χ0n) is 15.3. The van der Waals surface area contributed by atoms with Crippen molar-refractivity contribution in [1.82, 2.24) is 9.88 Å². The number of amides is 1. The molecule has 140 valence electrons. The van der Waals surface area contributed by atoms with E-state index in [4.69, 9.17) is 21.1 Å². The summed E-state index contributed by atoms with van der Waals surface area (Å²) in [7, 11) is 1.61. The highest BCUT2D eigenvalue weighted by Crippen LogP contribution is 2.39. The smallest absolute Gasteiger partial charge is 0.410 e. The first-order chi connectivity index (χ1) is 12.2. The average Bonchev–Trinajstić information content (AvgIpc) is 3.02. The minimum atomic E-state index is -0.531. The lowest BCUT2D eigenvalue weighted by Crippen LogP contribution is -2.36. The van der Waals surface area contributed by atoms with E-state index in [1.165, 1.54) is 0 Å². The predicted molar refractivity (Wildman–Crippen MR) is 106 cm³/mol. The van der Waals surface area contributed by atoms with Gasteiger partial charge in [0.05, 0.1) is 23.1 Å². The molecule has 1 aliphatic rings. The molecule has 1 atom stereocenters. The minimum absolute atomic E-state index is 0.130. The molecular formula is C19H22BrClN2O3. The molecule has 2 aromatic rings. The molecule has 1 amide bonds. The minimum Gasteiger partial charge on any atom is -0.495 e. The van der Waals surface area contributed by atoms with Crippen molar-refractivity contribution < 1.29 is 14.3 Å². The number of pyridine rings is 1. The summed E-state index contributed by atoms with van der Waals surface area (Å²) in [6.45, 7) is 6.25. The Bertz CT molecular complexity index is 851. The molecule has 1 aromatic carbocycles. The van der Waals surface area contributed by atoms with Gasteiger partial charge in [-0.2, -0.15) is 0 Å². The van der Waals surface area contributed by atoms with E-state index in [1.807, 2.05) is 39.0 Å². The summed E-state index contributed by atoms with van der Waals surface area (Å²) >= 11 is 9.98. The fraction of sp³-hybridized carbons (Fsp3) is 0.474. The molecule has 5 nitrogen and oxygen atoms in total. The Morgan fingerprint density at radius 3 is 2.73 bits per heavy atom. The van der Waals surface area contributed by atoms with Crippen LogP contribution in [-0.4, -0.2) is 35.2 Å². The van der Waals surface area contributed by atoms with Gasteiger partial charge in [-0.15, -0.1) is 0 Å². The topological polar surface area (TPSA) is 51.7 Å². The standard InChI is InChI=1S/C19H22BrClN2O3/c1-19(2,3)26-18(24)23-7-5-6-15(23)12-8-11-9-13(20)16(25-4)10-14(11)22-17(12)21/h8-10,15H,5-7H2,1-4H3. The lowest BCUT2D eigenvalue weighted by atomic mass is 10.0. The summed E-state index contributed by atoms with van der Waals surface area (Å²) in [5.74, 6) is 0.699. The number of carbonyl (C=O) groups is 1. The Morgan fingerprint density at radius 2 is 2.08 bits per heavy atom. The third-order valence-electron chi connectivity index (χ3n) is 4.31. The second kappa shape index (κ2) is 7.24. The number of likely N-dealkylation sites (tertiary alicyclic amines) is 1. The summed E-state index contributed by atoms with van der Waals surface area (Å²) in [4.78, 5) is 18.8. The fourth-order valence-corrected chi connectivity index (χ4v) is 3.98. The fourth-order valence-electron chi connectivity index (χ4n) is 3.19. The van der Waals surface area contributed by atoms with Crippen molar-refractivity contribution in [2.24, 2.45) is 0 Å². The first-order valence-electron chi connectivity index (χ1n) is 8.53. The van der Waals surface area contributed by atoms with Gasteiger partial charge in [-0.1, -0.05) is 11.6 Å². The van der Waals surface area contributed by atoms with Crippen molar-refractivity contribution in [3.8, 4) is 5.75 Å². The van der Waals surface area contributed by atoms with Crippen molar-refractivity contribution in [3.63, 3.8) is 0 Å². The number of halogens is 2. The molecule has 1 unspecified atom stereocenters. The molecule has 0 N–H and O–H groups in total. The quantitative estimate of drug-likeness (QED) is 0.558. The van der Waals surface area contributed by atoms with Crippen molar-refractivity contribution in [1.29, 1.82) is 0 Å². The molecule has 26 heavy (non-hydrogen) atoms. The molecule has 0 saturated carbocycles.